The Morgan fingerprint density at radius 3 is 2.38 bits per heavy atom. The van der Waals surface area contributed by atoms with Crippen LogP contribution in [-0.4, -0.2) is 39.6 Å². The van der Waals surface area contributed by atoms with Crippen LogP contribution >= 0.6 is 11.6 Å². The molecule has 0 bridgehead atoms. The number of esters is 1. The van der Waals surface area contributed by atoms with Gasteiger partial charge in [-0.2, -0.15) is 5.21 Å². The zero-order valence-corrected chi connectivity index (χ0v) is 17.2. The first-order valence-corrected chi connectivity index (χ1v) is 9.16. The third-order valence-corrected chi connectivity index (χ3v) is 4.67. The van der Waals surface area contributed by atoms with Crippen LogP contribution in [0, 0.1) is 0 Å². The highest BCUT2D eigenvalue weighted by Gasteiger charge is 2.21. The Hall–Kier alpha value is -3.26. The lowest BCUT2D eigenvalue weighted by molar-refractivity contribution is 0.0602. The average molecular weight is 414 g/mol. The number of nitrogens with zero attached hydrogens (tertiary/aromatic N) is 3. The van der Waals surface area contributed by atoms with Crippen LogP contribution in [0.1, 0.15) is 47.1 Å². The van der Waals surface area contributed by atoms with Gasteiger partial charge in [-0.3, -0.25) is 4.79 Å². The Balaban J connectivity index is 1.94. The number of aromatic nitrogens is 4. The van der Waals surface area contributed by atoms with Gasteiger partial charge in [0.05, 0.1) is 23.4 Å². The molecule has 0 unspecified atom stereocenters. The maximum atomic E-state index is 12.7. The van der Waals surface area contributed by atoms with Gasteiger partial charge in [0.1, 0.15) is 0 Å². The number of carbonyl (C=O) groups is 2. The van der Waals surface area contributed by atoms with E-state index in [0.717, 1.165) is 5.56 Å². The Bertz CT molecular complexity index is 1040. The molecule has 2 N–H and O–H groups in total. The molecule has 0 aliphatic carbocycles. The summed E-state index contributed by atoms with van der Waals surface area (Å²) < 4.78 is 4.83. The Kier molecular flexibility index (Phi) is 5.65. The predicted octanol–water partition coefficient (Wildman–Crippen LogP) is 3.86. The second-order valence-electron chi connectivity index (χ2n) is 7.39. The monoisotopic (exact) mass is 413 g/mol. The van der Waals surface area contributed by atoms with Crippen LogP contribution in [0.25, 0.3) is 11.4 Å². The van der Waals surface area contributed by atoms with Crippen LogP contribution in [0.5, 0.6) is 0 Å². The molecule has 29 heavy (non-hydrogen) atoms. The van der Waals surface area contributed by atoms with E-state index < -0.39 is 5.97 Å². The van der Waals surface area contributed by atoms with Crippen molar-refractivity contribution in [2.45, 2.75) is 26.2 Å². The number of rotatable bonds is 4. The number of anilines is 1. The first-order valence-electron chi connectivity index (χ1n) is 8.78. The number of methoxy groups -OCH3 is 1. The van der Waals surface area contributed by atoms with Gasteiger partial charge in [0.25, 0.3) is 5.91 Å². The van der Waals surface area contributed by atoms with E-state index >= 15 is 0 Å². The molecule has 0 radical (unpaired) electrons. The van der Waals surface area contributed by atoms with Gasteiger partial charge in [-0.25, -0.2) is 4.79 Å². The maximum Gasteiger partial charge on any atom is 0.340 e. The van der Waals surface area contributed by atoms with E-state index in [-0.39, 0.29) is 33.4 Å². The molecular weight excluding hydrogens is 394 g/mol. The Morgan fingerprint density at radius 2 is 1.83 bits per heavy atom. The smallest absolute Gasteiger partial charge is 0.340 e. The van der Waals surface area contributed by atoms with Crippen LogP contribution in [0.4, 0.5) is 5.69 Å². The number of nitrogens with one attached hydrogen (secondary N) is 2. The van der Waals surface area contributed by atoms with Crippen molar-refractivity contribution >= 4 is 29.2 Å². The maximum absolute atomic E-state index is 12.7. The van der Waals surface area contributed by atoms with E-state index in [0.29, 0.717) is 11.1 Å². The summed E-state index contributed by atoms with van der Waals surface area (Å²) in [6.45, 7) is 6.29. The minimum Gasteiger partial charge on any atom is -0.465 e. The van der Waals surface area contributed by atoms with Gasteiger partial charge in [-0.05, 0) is 40.5 Å². The Morgan fingerprint density at radius 1 is 1.14 bits per heavy atom. The molecule has 0 saturated carbocycles. The van der Waals surface area contributed by atoms with Crippen LogP contribution in [-0.2, 0) is 10.2 Å². The summed E-state index contributed by atoms with van der Waals surface area (Å²) in [6, 6.07) is 10.2. The number of tetrazole rings is 1. The van der Waals surface area contributed by atoms with E-state index in [2.05, 4.69) is 46.7 Å². The zero-order valence-electron chi connectivity index (χ0n) is 16.4. The number of benzene rings is 2. The molecule has 2 aromatic carbocycles. The first kappa shape index (κ1) is 20.5. The highest BCUT2D eigenvalue weighted by Crippen LogP contribution is 2.32. The van der Waals surface area contributed by atoms with Gasteiger partial charge in [0, 0.05) is 11.1 Å². The van der Waals surface area contributed by atoms with Crippen LogP contribution in [0.3, 0.4) is 0 Å². The van der Waals surface area contributed by atoms with Gasteiger partial charge in [-0.15, -0.1) is 10.2 Å². The quantitative estimate of drug-likeness (QED) is 0.628. The van der Waals surface area contributed by atoms with Gasteiger partial charge in [0.2, 0.25) is 5.82 Å². The van der Waals surface area contributed by atoms with E-state index in [4.69, 9.17) is 16.3 Å². The lowest BCUT2D eigenvalue weighted by Crippen LogP contribution is -2.16. The molecule has 0 aliphatic heterocycles. The summed E-state index contributed by atoms with van der Waals surface area (Å²) in [4.78, 5) is 25.0. The molecule has 1 heterocycles. The average Bonchev–Trinajstić information content (AvgIpc) is 3.21. The van der Waals surface area contributed by atoms with Crippen molar-refractivity contribution in [2.24, 2.45) is 0 Å². The fourth-order valence-corrected chi connectivity index (χ4v) is 2.97. The number of H-pyrrole nitrogens is 1. The number of aromatic amines is 1. The summed E-state index contributed by atoms with van der Waals surface area (Å²) in [5, 5.41) is 16.5. The summed E-state index contributed by atoms with van der Waals surface area (Å²) in [7, 11) is 1.25. The van der Waals surface area contributed by atoms with E-state index in [9.17, 15) is 9.59 Å². The van der Waals surface area contributed by atoms with Crippen molar-refractivity contribution in [1.82, 2.24) is 20.6 Å². The van der Waals surface area contributed by atoms with Gasteiger partial charge in [-0.1, -0.05) is 44.5 Å². The molecule has 0 spiro atoms. The normalized spacial score (nSPS) is 11.2. The summed E-state index contributed by atoms with van der Waals surface area (Å²) in [6.07, 6.45) is 0. The lowest BCUT2D eigenvalue weighted by Gasteiger charge is -2.19. The highest BCUT2D eigenvalue weighted by molar-refractivity contribution is 6.34. The molecular formula is C20H20ClN5O3. The topological polar surface area (TPSA) is 110 Å². The molecule has 9 heteroatoms. The fraction of sp³-hybridized carbons (Fsp3) is 0.250. The molecule has 0 fully saturated rings. The second-order valence-corrected chi connectivity index (χ2v) is 7.79. The van der Waals surface area contributed by atoms with Gasteiger partial charge in [0.15, 0.2) is 0 Å². The van der Waals surface area contributed by atoms with Gasteiger partial charge >= 0.3 is 5.97 Å². The van der Waals surface area contributed by atoms with Crippen LogP contribution in [0.2, 0.25) is 5.02 Å². The molecule has 0 aliphatic rings. The second kappa shape index (κ2) is 8.00. The summed E-state index contributed by atoms with van der Waals surface area (Å²) in [5.41, 5.74) is 2.26. The van der Waals surface area contributed by atoms with Crippen molar-refractivity contribution in [1.29, 1.82) is 0 Å². The number of hydrogen-bond acceptors (Lipinski definition) is 6. The molecule has 1 aromatic heterocycles. The van der Waals surface area contributed by atoms with Crippen molar-refractivity contribution in [3.8, 4) is 11.4 Å². The first-order chi connectivity index (χ1) is 13.7. The third-order valence-electron chi connectivity index (χ3n) is 4.36. The minimum absolute atomic E-state index is 0.0223. The predicted molar refractivity (Wildman–Crippen MR) is 109 cm³/mol. The van der Waals surface area contributed by atoms with Crippen LogP contribution < -0.4 is 5.32 Å². The SMILES string of the molecule is COC(=O)c1cc(-c2nn[nH]n2)c(Cl)cc1NC(=O)c1ccc(C(C)(C)C)cc1. The number of ether oxygens (including phenoxy) is 1. The summed E-state index contributed by atoms with van der Waals surface area (Å²) in [5.74, 6) is -0.792. The zero-order chi connectivity index (χ0) is 21.2. The van der Waals surface area contributed by atoms with E-state index in [1.807, 2.05) is 12.1 Å². The molecule has 3 rings (SSSR count). The standard InChI is InChI=1S/C20H20ClN5O3/c1-20(2,3)12-7-5-11(6-8-12)18(27)22-16-10-15(21)13(17-23-25-26-24-17)9-14(16)19(28)29-4/h5-10H,1-4H3,(H,22,27)(H,23,24,25,26). The van der Waals surface area contributed by atoms with Crippen molar-refractivity contribution < 1.29 is 14.3 Å². The molecule has 0 saturated heterocycles. The molecule has 150 valence electrons. The van der Waals surface area contributed by atoms with E-state index in [1.165, 1.54) is 19.2 Å². The number of carbonyl (C=O) groups excluding carboxylic acids is 2. The number of hydrogen-bond donors (Lipinski definition) is 2. The van der Waals surface area contributed by atoms with Crippen molar-refractivity contribution in [2.75, 3.05) is 12.4 Å². The Labute approximate surface area is 172 Å². The summed E-state index contributed by atoms with van der Waals surface area (Å²) >= 11 is 6.32. The van der Waals surface area contributed by atoms with E-state index in [1.54, 1.807) is 12.1 Å². The van der Waals surface area contributed by atoms with Crippen molar-refractivity contribution in [3.05, 3.63) is 58.1 Å². The lowest BCUT2D eigenvalue weighted by atomic mass is 9.86. The minimum atomic E-state index is -0.634. The fourth-order valence-electron chi connectivity index (χ4n) is 2.72. The third kappa shape index (κ3) is 4.43. The molecule has 3 aromatic rings. The molecule has 8 nitrogen and oxygen atoms in total. The molecule has 1 amide bonds. The number of amides is 1. The van der Waals surface area contributed by atoms with Crippen molar-refractivity contribution in [3.63, 3.8) is 0 Å². The molecule has 0 atom stereocenters. The highest BCUT2D eigenvalue weighted by atomic mass is 35.5. The number of halogens is 1. The largest absolute Gasteiger partial charge is 0.465 e. The van der Waals surface area contributed by atoms with Crippen LogP contribution in [0.15, 0.2) is 36.4 Å². The van der Waals surface area contributed by atoms with Gasteiger partial charge < -0.3 is 10.1 Å².